The molecule has 0 aliphatic carbocycles. The Kier molecular flexibility index (Phi) is 4.40. The summed E-state index contributed by atoms with van der Waals surface area (Å²) in [6.45, 7) is 3.36. The highest BCUT2D eigenvalue weighted by Gasteiger charge is 2.27. The van der Waals surface area contributed by atoms with Crippen LogP contribution in [0.15, 0.2) is 22.7 Å². The lowest BCUT2D eigenvalue weighted by Crippen LogP contribution is -2.47. The number of nitrogens with zero attached hydrogens (tertiary/aromatic N) is 1. The minimum absolute atomic E-state index is 0.121. The Morgan fingerprint density at radius 2 is 2.28 bits per heavy atom. The van der Waals surface area contributed by atoms with Gasteiger partial charge in [0.1, 0.15) is 0 Å². The molecule has 2 rings (SSSR count). The normalized spacial score (nSPS) is 19.9. The molecule has 0 spiro atoms. The largest absolute Gasteiger partial charge is 0.334 e. The van der Waals surface area contributed by atoms with Gasteiger partial charge in [0.05, 0.1) is 0 Å². The average molecular weight is 311 g/mol. The highest BCUT2D eigenvalue weighted by Crippen LogP contribution is 2.22. The Morgan fingerprint density at radius 1 is 1.50 bits per heavy atom. The van der Waals surface area contributed by atoms with Gasteiger partial charge in [-0.15, -0.1) is 0 Å². The number of piperidine rings is 1. The highest BCUT2D eigenvalue weighted by molar-refractivity contribution is 9.10. The smallest absolute Gasteiger partial charge is 0.254 e. The predicted molar refractivity (Wildman–Crippen MR) is 76.6 cm³/mol. The molecule has 2 N–H and O–H groups in total. The number of amides is 1. The van der Waals surface area contributed by atoms with Crippen molar-refractivity contribution >= 4 is 21.8 Å². The summed E-state index contributed by atoms with van der Waals surface area (Å²) >= 11 is 3.42. The lowest BCUT2D eigenvalue weighted by Gasteiger charge is -2.35. The molecule has 1 atom stereocenters. The minimum Gasteiger partial charge on any atom is -0.334 e. The molecule has 1 aromatic rings. The molecule has 1 fully saturated rings. The van der Waals surface area contributed by atoms with Crippen molar-refractivity contribution < 1.29 is 4.79 Å². The molecule has 18 heavy (non-hydrogen) atoms. The van der Waals surface area contributed by atoms with E-state index < -0.39 is 0 Å². The average Bonchev–Trinajstić information content (AvgIpc) is 2.38. The number of carbonyl (C=O) groups excluding carboxylic acids is 1. The first-order valence-electron chi connectivity index (χ1n) is 6.40. The van der Waals surface area contributed by atoms with Crippen molar-refractivity contribution in [1.29, 1.82) is 0 Å². The minimum atomic E-state index is 0.121. The summed E-state index contributed by atoms with van der Waals surface area (Å²) in [5.74, 6) is 0.121. The molecule has 1 heterocycles. The van der Waals surface area contributed by atoms with Crippen molar-refractivity contribution in [1.82, 2.24) is 4.90 Å². The third-order valence-electron chi connectivity index (χ3n) is 3.58. The number of carbonyl (C=O) groups is 1. The summed E-state index contributed by atoms with van der Waals surface area (Å²) in [4.78, 5) is 14.5. The number of nitrogens with two attached hydrogens (primary N) is 1. The van der Waals surface area contributed by atoms with Gasteiger partial charge >= 0.3 is 0 Å². The van der Waals surface area contributed by atoms with E-state index in [0.717, 1.165) is 35.0 Å². The topological polar surface area (TPSA) is 46.3 Å². The van der Waals surface area contributed by atoms with Crippen LogP contribution in [0.1, 0.15) is 35.2 Å². The number of hydrogen-bond donors (Lipinski definition) is 1. The van der Waals surface area contributed by atoms with Gasteiger partial charge in [-0.1, -0.05) is 15.9 Å². The molecule has 0 bridgehead atoms. The zero-order valence-electron chi connectivity index (χ0n) is 10.7. The molecule has 0 unspecified atom stereocenters. The van der Waals surface area contributed by atoms with Gasteiger partial charge in [0.25, 0.3) is 5.91 Å². The van der Waals surface area contributed by atoms with Crippen molar-refractivity contribution in [3.05, 3.63) is 33.8 Å². The zero-order chi connectivity index (χ0) is 13.1. The molecule has 1 aromatic carbocycles. The Hall–Kier alpha value is -0.870. The van der Waals surface area contributed by atoms with E-state index in [1.807, 2.05) is 30.0 Å². The van der Waals surface area contributed by atoms with Crippen molar-refractivity contribution in [3.8, 4) is 0 Å². The predicted octanol–water partition coefficient (Wildman–Crippen LogP) is 2.71. The van der Waals surface area contributed by atoms with E-state index in [0.29, 0.717) is 6.54 Å². The maximum absolute atomic E-state index is 12.6. The van der Waals surface area contributed by atoms with Crippen LogP contribution in [0, 0.1) is 6.92 Å². The summed E-state index contributed by atoms with van der Waals surface area (Å²) in [5, 5.41) is 0. The highest BCUT2D eigenvalue weighted by atomic mass is 79.9. The van der Waals surface area contributed by atoms with Crippen molar-refractivity contribution in [2.24, 2.45) is 5.73 Å². The fourth-order valence-corrected chi connectivity index (χ4v) is 3.01. The second-order valence-electron chi connectivity index (χ2n) is 4.84. The summed E-state index contributed by atoms with van der Waals surface area (Å²) in [7, 11) is 0. The van der Waals surface area contributed by atoms with Crippen LogP contribution in [-0.2, 0) is 0 Å². The summed E-state index contributed by atoms with van der Waals surface area (Å²) in [6.07, 6.45) is 3.28. The van der Waals surface area contributed by atoms with Crippen LogP contribution < -0.4 is 5.73 Å². The van der Waals surface area contributed by atoms with Crippen molar-refractivity contribution in [2.75, 3.05) is 13.1 Å². The van der Waals surface area contributed by atoms with Gasteiger partial charge in [-0.2, -0.15) is 0 Å². The van der Waals surface area contributed by atoms with Crippen LogP contribution >= 0.6 is 15.9 Å². The Labute approximate surface area is 116 Å². The van der Waals surface area contributed by atoms with E-state index in [4.69, 9.17) is 5.73 Å². The third-order valence-corrected chi connectivity index (χ3v) is 4.07. The molecular weight excluding hydrogens is 292 g/mol. The van der Waals surface area contributed by atoms with Gasteiger partial charge in [0.15, 0.2) is 0 Å². The van der Waals surface area contributed by atoms with Gasteiger partial charge in [-0.25, -0.2) is 0 Å². The number of benzene rings is 1. The van der Waals surface area contributed by atoms with Gasteiger partial charge in [-0.05, 0) is 49.9 Å². The van der Waals surface area contributed by atoms with E-state index in [1.54, 1.807) is 0 Å². The lowest BCUT2D eigenvalue weighted by molar-refractivity contribution is 0.0622. The summed E-state index contributed by atoms with van der Waals surface area (Å²) < 4.78 is 1.01. The van der Waals surface area contributed by atoms with Crippen LogP contribution in [0.5, 0.6) is 0 Å². The zero-order valence-corrected chi connectivity index (χ0v) is 12.2. The molecule has 0 radical (unpaired) electrons. The monoisotopic (exact) mass is 310 g/mol. The van der Waals surface area contributed by atoms with Crippen LogP contribution in [0.4, 0.5) is 0 Å². The quantitative estimate of drug-likeness (QED) is 0.913. The van der Waals surface area contributed by atoms with E-state index in [1.165, 1.54) is 6.42 Å². The number of likely N-dealkylation sites (tertiary alicyclic amines) is 1. The molecule has 1 saturated heterocycles. The summed E-state index contributed by atoms with van der Waals surface area (Å²) in [6, 6.07) is 5.99. The molecule has 1 amide bonds. The van der Waals surface area contributed by atoms with Crippen LogP contribution in [-0.4, -0.2) is 29.9 Å². The van der Waals surface area contributed by atoms with Gasteiger partial charge < -0.3 is 10.6 Å². The molecule has 3 nitrogen and oxygen atoms in total. The van der Waals surface area contributed by atoms with Crippen LogP contribution in [0.25, 0.3) is 0 Å². The maximum Gasteiger partial charge on any atom is 0.254 e. The van der Waals surface area contributed by atoms with Gasteiger partial charge in [0.2, 0.25) is 0 Å². The molecule has 1 aliphatic rings. The molecular formula is C14H19BrN2O. The maximum atomic E-state index is 12.6. The second kappa shape index (κ2) is 5.85. The molecule has 98 valence electrons. The first-order chi connectivity index (χ1) is 8.63. The number of rotatable bonds is 2. The first-order valence-corrected chi connectivity index (χ1v) is 7.20. The standard InChI is InChI=1S/C14H19BrN2O/c1-10-8-11(15)5-6-13(10)14(18)17-7-3-2-4-12(17)9-16/h5-6,8,12H,2-4,7,9,16H2,1H3/t12-/m0/s1. The number of hydrogen-bond acceptors (Lipinski definition) is 2. The van der Waals surface area contributed by atoms with Gasteiger partial charge in [0, 0.05) is 29.2 Å². The SMILES string of the molecule is Cc1cc(Br)ccc1C(=O)N1CCCC[C@H]1CN. The van der Waals surface area contributed by atoms with Crippen LogP contribution in [0.2, 0.25) is 0 Å². The Balaban J connectivity index is 2.24. The molecule has 1 aliphatic heterocycles. The van der Waals surface area contributed by atoms with Crippen molar-refractivity contribution in [2.45, 2.75) is 32.2 Å². The lowest BCUT2D eigenvalue weighted by atomic mass is 9.99. The van der Waals surface area contributed by atoms with E-state index >= 15 is 0 Å². The van der Waals surface area contributed by atoms with E-state index in [-0.39, 0.29) is 11.9 Å². The van der Waals surface area contributed by atoms with Gasteiger partial charge in [-0.3, -0.25) is 4.79 Å². The second-order valence-corrected chi connectivity index (χ2v) is 5.76. The van der Waals surface area contributed by atoms with E-state index in [2.05, 4.69) is 15.9 Å². The van der Waals surface area contributed by atoms with E-state index in [9.17, 15) is 4.79 Å². The fourth-order valence-electron chi connectivity index (χ4n) is 2.53. The number of aryl methyl sites for hydroxylation is 1. The molecule has 4 heteroatoms. The Bertz CT molecular complexity index is 447. The Morgan fingerprint density at radius 3 is 2.94 bits per heavy atom. The number of halogens is 1. The third kappa shape index (κ3) is 2.75. The molecule has 0 saturated carbocycles. The van der Waals surface area contributed by atoms with Crippen molar-refractivity contribution in [3.63, 3.8) is 0 Å². The first kappa shape index (κ1) is 13.6. The fraction of sp³-hybridized carbons (Fsp3) is 0.500. The summed E-state index contributed by atoms with van der Waals surface area (Å²) in [5.41, 5.74) is 7.57. The molecule has 0 aromatic heterocycles. The van der Waals surface area contributed by atoms with Crippen LogP contribution in [0.3, 0.4) is 0 Å².